The Morgan fingerprint density at radius 2 is 1.83 bits per heavy atom. The van der Waals surface area contributed by atoms with Gasteiger partial charge in [-0.2, -0.15) is 0 Å². The van der Waals surface area contributed by atoms with Gasteiger partial charge in [0, 0.05) is 18.1 Å². The summed E-state index contributed by atoms with van der Waals surface area (Å²) in [5.74, 6) is 1.01. The van der Waals surface area contributed by atoms with Gasteiger partial charge in [-0.3, -0.25) is 0 Å². The van der Waals surface area contributed by atoms with Crippen LogP contribution in [0.3, 0.4) is 0 Å². The fourth-order valence-corrected chi connectivity index (χ4v) is 4.23. The molecule has 2 nitrogen and oxygen atoms in total. The van der Waals surface area contributed by atoms with E-state index < -0.39 is 0 Å². The number of hydrogen-bond donors (Lipinski definition) is 1. The van der Waals surface area contributed by atoms with E-state index >= 15 is 0 Å². The summed E-state index contributed by atoms with van der Waals surface area (Å²) in [6, 6.07) is 0.724. The Morgan fingerprint density at radius 1 is 1.11 bits per heavy atom. The van der Waals surface area contributed by atoms with Crippen molar-refractivity contribution in [2.75, 3.05) is 13.7 Å². The molecule has 18 heavy (non-hydrogen) atoms. The van der Waals surface area contributed by atoms with E-state index in [-0.39, 0.29) is 0 Å². The first-order chi connectivity index (χ1) is 8.85. The lowest BCUT2D eigenvalue weighted by Crippen LogP contribution is -2.63. The molecule has 0 aromatic rings. The number of nitrogens with one attached hydrogen (secondary N) is 1. The van der Waals surface area contributed by atoms with Crippen LogP contribution < -0.4 is 5.32 Å². The first-order valence-corrected chi connectivity index (χ1v) is 8.14. The largest absolute Gasteiger partial charge is 0.378 e. The van der Waals surface area contributed by atoms with E-state index in [2.05, 4.69) is 12.4 Å². The first-order valence-electron chi connectivity index (χ1n) is 8.14. The van der Waals surface area contributed by atoms with Crippen molar-refractivity contribution in [2.24, 2.45) is 11.3 Å². The second kappa shape index (κ2) is 5.50. The smallest absolute Gasteiger partial charge is 0.0661 e. The summed E-state index contributed by atoms with van der Waals surface area (Å²) in [5.41, 5.74) is 0.495. The second-order valence-corrected chi connectivity index (χ2v) is 6.82. The van der Waals surface area contributed by atoms with Crippen molar-refractivity contribution in [1.82, 2.24) is 5.32 Å². The van der Waals surface area contributed by atoms with Crippen LogP contribution in [0.1, 0.15) is 64.2 Å². The molecular weight excluding hydrogens is 222 g/mol. The van der Waals surface area contributed by atoms with E-state index in [9.17, 15) is 0 Å². The molecule has 104 valence electrons. The molecule has 0 saturated heterocycles. The van der Waals surface area contributed by atoms with E-state index in [0.29, 0.717) is 11.5 Å². The molecule has 1 N–H and O–H groups in total. The van der Waals surface area contributed by atoms with E-state index in [1.165, 1.54) is 64.2 Å². The van der Waals surface area contributed by atoms with Crippen LogP contribution in [0.25, 0.3) is 0 Å². The van der Waals surface area contributed by atoms with Gasteiger partial charge in [-0.1, -0.05) is 38.5 Å². The van der Waals surface area contributed by atoms with Crippen molar-refractivity contribution in [3.63, 3.8) is 0 Å². The Labute approximate surface area is 112 Å². The molecule has 0 heterocycles. The molecule has 3 fully saturated rings. The molecule has 3 aliphatic rings. The predicted octanol–water partition coefficient (Wildman–Crippen LogP) is 3.50. The van der Waals surface area contributed by atoms with Crippen molar-refractivity contribution in [3.8, 4) is 0 Å². The monoisotopic (exact) mass is 251 g/mol. The number of rotatable bonds is 5. The lowest BCUT2D eigenvalue weighted by Gasteiger charge is -2.56. The molecule has 1 spiro atoms. The summed E-state index contributed by atoms with van der Waals surface area (Å²) in [4.78, 5) is 0. The molecule has 0 amide bonds. The normalized spacial score (nSPS) is 35.2. The van der Waals surface area contributed by atoms with Crippen LogP contribution >= 0.6 is 0 Å². The summed E-state index contributed by atoms with van der Waals surface area (Å²) >= 11 is 0. The molecule has 3 saturated carbocycles. The van der Waals surface area contributed by atoms with Crippen LogP contribution in [-0.2, 0) is 4.74 Å². The standard InChI is InChI=1S/C16H29NO/c1-17-14-12-15(18-11-8-13-6-7-13)16(14)9-4-2-3-5-10-16/h13-15,17H,2-12H2,1H3. The molecular formula is C16H29NO. The average Bonchev–Trinajstić information content (AvgIpc) is 3.18. The fourth-order valence-electron chi connectivity index (χ4n) is 4.23. The average molecular weight is 251 g/mol. The van der Waals surface area contributed by atoms with Crippen LogP contribution in [0, 0.1) is 11.3 Å². The van der Waals surface area contributed by atoms with Gasteiger partial charge >= 0.3 is 0 Å². The third kappa shape index (κ3) is 2.46. The zero-order valence-corrected chi connectivity index (χ0v) is 11.9. The van der Waals surface area contributed by atoms with Gasteiger partial charge in [0.05, 0.1) is 6.10 Å². The van der Waals surface area contributed by atoms with E-state index in [4.69, 9.17) is 4.74 Å². The van der Waals surface area contributed by atoms with E-state index in [0.717, 1.165) is 18.6 Å². The van der Waals surface area contributed by atoms with Crippen LogP contribution in [0.5, 0.6) is 0 Å². The molecule has 0 aliphatic heterocycles. The van der Waals surface area contributed by atoms with Gasteiger partial charge in [0.2, 0.25) is 0 Å². The Bertz CT molecular complexity index is 266. The molecule has 0 radical (unpaired) electrons. The summed E-state index contributed by atoms with van der Waals surface area (Å²) in [5, 5.41) is 3.55. The molecule has 2 heteroatoms. The minimum atomic E-state index is 0.495. The fraction of sp³-hybridized carbons (Fsp3) is 1.00. The van der Waals surface area contributed by atoms with Crippen LogP contribution in [0.15, 0.2) is 0 Å². The minimum Gasteiger partial charge on any atom is -0.378 e. The highest BCUT2D eigenvalue weighted by Gasteiger charge is 2.54. The van der Waals surface area contributed by atoms with Crippen molar-refractivity contribution in [2.45, 2.75) is 76.4 Å². The summed E-state index contributed by atoms with van der Waals surface area (Å²) in [6.07, 6.45) is 14.5. The van der Waals surface area contributed by atoms with Crippen LogP contribution in [-0.4, -0.2) is 25.8 Å². The van der Waals surface area contributed by atoms with Crippen LogP contribution in [0.2, 0.25) is 0 Å². The molecule has 2 unspecified atom stereocenters. The Morgan fingerprint density at radius 3 is 2.44 bits per heavy atom. The number of hydrogen-bond acceptors (Lipinski definition) is 2. The summed E-state index contributed by atoms with van der Waals surface area (Å²) in [6.45, 7) is 1.02. The number of ether oxygens (including phenoxy) is 1. The first kappa shape index (κ1) is 12.9. The predicted molar refractivity (Wildman–Crippen MR) is 74.7 cm³/mol. The van der Waals surface area contributed by atoms with Gasteiger partial charge in [-0.05, 0) is 38.6 Å². The van der Waals surface area contributed by atoms with E-state index in [1.54, 1.807) is 0 Å². The summed E-state index contributed by atoms with van der Waals surface area (Å²) < 4.78 is 6.27. The quantitative estimate of drug-likeness (QED) is 0.807. The highest BCUT2D eigenvalue weighted by Crippen LogP contribution is 2.52. The third-order valence-corrected chi connectivity index (χ3v) is 5.71. The molecule has 2 atom stereocenters. The Hall–Kier alpha value is -0.0800. The third-order valence-electron chi connectivity index (χ3n) is 5.71. The lowest BCUT2D eigenvalue weighted by atomic mass is 9.58. The van der Waals surface area contributed by atoms with Crippen molar-refractivity contribution < 1.29 is 4.74 Å². The van der Waals surface area contributed by atoms with Crippen LogP contribution in [0.4, 0.5) is 0 Å². The molecule has 0 aromatic heterocycles. The maximum absolute atomic E-state index is 6.27. The zero-order chi connectivity index (χ0) is 12.4. The highest BCUT2D eigenvalue weighted by molar-refractivity contribution is 5.08. The maximum atomic E-state index is 6.27. The topological polar surface area (TPSA) is 21.3 Å². The Balaban J connectivity index is 1.55. The van der Waals surface area contributed by atoms with Gasteiger partial charge in [0.15, 0.2) is 0 Å². The lowest BCUT2D eigenvalue weighted by molar-refractivity contribution is -0.143. The van der Waals surface area contributed by atoms with Gasteiger partial charge in [0.25, 0.3) is 0 Å². The molecule has 3 aliphatic carbocycles. The van der Waals surface area contributed by atoms with Crippen molar-refractivity contribution >= 4 is 0 Å². The maximum Gasteiger partial charge on any atom is 0.0661 e. The molecule has 3 rings (SSSR count). The SMILES string of the molecule is CNC1CC(OCCC2CC2)C12CCCCCC2. The molecule has 0 bridgehead atoms. The van der Waals surface area contributed by atoms with Crippen molar-refractivity contribution in [1.29, 1.82) is 0 Å². The van der Waals surface area contributed by atoms with Gasteiger partial charge in [-0.15, -0.1) is 0 Å². The molecule has 0 aromatic carbocycles. The Kier molecular flexibility index (Phi) is 3.95. The summed E-state index contributed by atoms with van der Waals surface area (Å²) in [7, 11) is 2.14. The minimum absolute atomic E-state index is 0.495. The van der Waals surface area contributed by atoms with Crippen molar-refractivity contribution in [3.05, 3.63) is 0 Å². The second-order valence-electron chi connectivity index (χ2n) is 6.82. The van der Waals surface area contributed by atoms with Gasteiger partial charge < -0.3 is 10.1 Å². The van der Waals surface area contributed by atoms with Gasteiger partial charge in [0.1, 0.15) is 0 Å². The highest BCUT2D eigenvalue weighted by atomic mass is 16.5. The van der Waals surface area contributed by atoms with Gasteiger partial charge in [-0.25, -0.2) is 0 Å². The van der Waals surface area contributed by atoms with E-state index in [1.807, 2.05) is 0 Å². The zero-order valence-electron chi connectivity index (χ0n) is 11.9.